The van der Waals surface area contributed by atoms with Gasteiger partial charge in [-0.1, -0.05) is 6.92 Å². The number of halogens is 3. The molecule has 5 nitrogen and oxygen atoms in total. The van der Waals surface area contributed by atoms with Crippen LogP contribution in [-0.2, 0) is 0 Å². The average Bonchev–Trinajstić information content (AvgIpc) is 2.68. The molecule has 0 aliphatic carbocycles. The van der Waals surface area contributed by atoms with E-state index in [0.29, 0.717) is 17.2 Å². The van der Waals surface area contributed by atoms with Crippen molar-refractivity contribution in [3.05, 3.63) is 29.6 Å². The van der Waals surface area contributed by atoms with Crippen LogP contribution in [0.15, 0.2) is 18.2 Å². The van der Waals surface area contributed by atoms with Crippen molar-refractivity contribution in [2.45, 2.75) is 19.8 Å². The van der Waals surface area contributed by atoms with Crippen LogP contribution in [0, 0.1) is 11.7 Å². The molecule has 0 radical (unpaired) electrons. The molecule has 2 fully saturated rings. The number of likely N-dealkylation sites (N-methyl/N-ethyl adjacent to an activating group) is 1. The lowest BCUT2D eigenvalue weighted by molar-refractivity contribution is 0.0690. The van der Waals surface area contributed by atoms with Crippen LogP contribution < -0.4 is 10.2 Å². The Kier molecular flexibility index (Phi) is 10.5. The predicted octanol–water partition coefficient (Wildman–Crippen LogP) is 2.88. The van der Waals surface area contributed by atoms with E-state index >= 15 is 0 Å². The van der Waals surface area contributed by atoms with Gasteiger partial charge in [0, 0.05) is 44.8 Å². The van der Waals surface area contributed by atoms with Crippen LogP contribution in [0.4, 0.5) is 10.1 Å². The van der Waals surface area contributed by atoms with Gasteiger partial charge in [-0.2, -0.15) is 0 Å². The summed E-state index contributed by atoms with van der Waals surface area (Å²) >= 11 is 0. The highest BCUT2D eigenvalue weighted by Crippen LogP contribution is 2.24. The number of carbonyl (C=O) groups is 1. The number of anilines is 1. The minimum Gasteiger partial charge on any atom is -0.367 e. The third kappa shape index (κ3) is 5.96. The number of amides is 1. The molecule has 0 unspecified atom stereocenters. The molecule has 2 aliphatic rings. The molecule has 28 heavy (non-hydrogen) atoms. The van der Waals surface area contributed by atoms with Crippen molar-refractivity contribution in [1.29, 1.82) is 0 Å². The highest BCUT2D eigenvalue weighted by molar-refractivity contribution is 5.94. The number of rotatable bonds is 5. The van der Waals surface area contributed by atoms with E-state index in [1.807, 2.05) is 11.9 Å². The lowest BCUT2D eigenvalue weighted by atomic mass is 9.96. The van der Waals surface area contributed by atoms with Crippen LogP contribution in [0.25, 0.3) is 0 Å². The van der Waals surface area contributed by atoms with Gasteiger partial charge in [-0.15, -0.1) is 24.8 Å². The summed E-state index contributed by atoms with van der Waals surface area (Å²) < 4.78 is 14.7. The molecule has 1 aromatic rings. The van der Waals surface area contributed by atoms with Crippen LogP contribution in [0.1, 0.15) is 30.1 Å². The molecular weight excluding hydrogens is 402 g/mol. The Hall–Kier alpha value is -1.08. The molecule has 2 aliphatic heterocycles. The highest BCUT2D eigenvalue weighted by atomic mass is 35.5. The monoisotopic (exact) mass is 434 g/mol. The normalized spacial score (nSPS) is 18.4. The Bertz CT molecular complexity index is 618. The lowest BCUT2D eigenvalue weighted by Crippen LogP contribution is -2.46. The average molecular weight is 435 g/mol. The van der Waals surface area contributed by atoms with Crippen molar-refractivity contribution in [1.82, 2.24) is 15.1 Å². The van der Waals surface area contributed by atoms with E-state index in [1.165, 1.54) is 6.07 Å². The summed E-state index contributed by atoms with van der Waals surface area (Å²) in [5.74, 6) is 0.296. The maximum Gasteiger partial charge on any atom is 0.253 e. The SMILES string of the molecule is CCN1CCN(c2ccc(C(=O)N3CCC(CNC)CC3)cc2F)CC1.Cl.Cl. The van der Waals surface area contributed by atoms with Crippen molar-refractivity contribution in [2.24, 2.45) is 5.92 Å². The first-order chi connectivity index (χ1) is 12.6. The zero-order chi connectivity index (χ0) is 18.5. The number of benzene rings is 1. The second kappa shape index (κ2) is 11.8. The number of carbonyl (C=O) groups excluding carboxylic acids is 1. The Morgan fingerprint density at radius 1 is 1.11 bits per heavy atom. The number of hydrogen-bond acceptors (Lipinski definition) is 4. The molecule has 0 bridgehead atoms. The fraction of sp³-hybridized carbons (Fsp3) is 0.650. The second-order valence-electron chi connectivity index (χ2n) is 7.38. The van der Waals surface area contributed by atoms with Crippen molar-refractivity contribution in [3.63, 3.8) is 0 Å². The number of nitrogens with one attached hydrogen (secondary N) is 1. The Morgan fingerprint density at radius 3 is 2.29 bits per heavy atom. The van der Waals surface area contributed by atoms with Gasteiger partial charge in [0.25, 0.3) is 5.91 Å². The summed E-state index contributed by atoms with van der Waals surface area (Å²) in [5.41, 5.74) is 1.08. The van der Waals surface area contributed by atoms with Gasteiger partial charge in [0.15, 0.2) is 0 Å². The fourth-order valence-electron chi connectivity index (χ4n) is 4.01. The lowest BCUT2D eigenvalue weighted by Gasteiger charge is -2.36. The van der Waals surface area contributed by atoms with Crippen molar-refractivity contribution in [2.75, 3.05) is 64.3 Å². The molecule has 2 heterocycles. The number of hydrogen-bond donors (Lipinski definition) is 1. The van der Waals surface area contributed by atoms with E-state index in [9.17, 15) is 9.18 Å². The van der Waals surface area contributed by atoms with Crippen LogP contribution in [0.2, 0.25) is 0 Å². The first-order valence-electron chi connectivity index (χ1n) is 9.83. The summed E-state index contributed by atoms with van der Waals surface area (Å²) in [5, 5.41) is 3.20. The largest absolute Gasteiger partial charge is 0.367 e. The van der Waals surface area contributed by atoms with E-state index in [1.54, 1.807) is 12.1 Å². The molecule has 0 saturated carbocycles. The molecule has 1 N–H and O–H groups in total. The molecule has 1 amide bonds. The third-order valence-electron chi connectivity index (χ3n) is 5.75. The highest BCUT2D eigenvalue weighted by Gasteiger charge is 2.25. The zero-order valence-corrected chi connectivity index (χ0v) is 18.5. The molecule has 0 spiro atoms. The maximum atomic E-state index is 14.7. The first kappa shape index (κ1) is 25.0. The quantitative estimate of drug-likeness (QED) is 0.772. The van der Waals surface area contributed by atoms with Crippen LogP contribution in [0.3, 0.4) is 0 Å². The van der Waals surface area contributed by atoms with E-state index in [4.69, 9.17) is 0 Å². The van der Waals surface area contributed by atoms with Crippen molar-refractivity contribution < 1.29 is 9.18 Å². The molecule has 160 valence electrons. The minimum absolute atomic E-state index is 0. The Balaban J connectivity index is 0.00000196. The van der Waals surface area contributed by atoms with Crippen LogP contribution >= 0.6 is 24.8 Å². The molecule has 3 rings (SSSR count). The van der Waals surface area contributed by atoms with Gasteiger partial charge in [-0.05, 0) is 57.1 Å². The molecule has 8 heteroatoms. The number of nitrogens with zero attached hydrogens (tertiary/aromatic N) is 3. The van der Waals surface area contributed by atoms with Gasteiger partial charge in [0.05, 0.1) is 5.69 Å². The molecule has 0 atom stereocenters. The van der Waals surface area contributed by atoms with E-state index in [-0.39, 0.29) is 36.5 Å². The van der Waals surface area contributed by atoms with Gasteiger partial charge in [0.2, 0.25) is 0 Å². The summed E-state index contributed by atoms with van der Waals surface area (Å²) in [6, 6.07) is 4.98. The summed E-state index contributed by atoms with van der Waals surface area (Å²) in [7, 11) is 1.96. The fourth-order valence-corrected chi connectivity index (χ4v) is 4.01. The Morgan fingerprint density at radius 2 is 1.75 bits per heavy atom. The summed E-state index contributed by atoms with van der Waals surface area (Å²) in [6.07, 6.45) is 2.02. The van der Waals surface area contributed by atoms with Crippen LogP contribution in [-0.4, -0.2) is 75.1 Å². The van der Waals surface area contributed by atoms with Crippen molar-refractivity contribution in [3.8, 4) is 0 Å². The van der Waals surface area contributed by atoms with E-state index < -0.39 is 0 Å². The second-order valence-corrected chi connectivity index (χ2v) is 7.38. The van der Waals surface area contributed by atoms with Gasteiger partial charge in [-0.25, -0.2) is 4.39 Å². The summed E-state index contributed by atoms with van der Waals surface area (Å²) in [4.78, 5) is 19.0. The zero-order valence-electron chi connectivity index (χ0n) is 16.8. The third-order valence-corrected chi connectivity index (χ3v) is 5.75. The number of likely N-dealkylation sites (tertiary alicyclic amines) is 1. The van der Waals surface area contributed by atoms with Crippen LogP contribution in [0.5, 0.6) is 0 Å². The standard InChI is InChI=1S/C20H31FN4O.2ClH/c1-3-23-10-12-24(13-11-23)19-5-4-17(14-18(19)21)20(26)25-8-6-16(7-9-25)15-22-2;;/h4-5,14,16,22H,3,6-13,15H2,1-2H3;2*1H. The number of piperazine rings is 1. The van der Waals surface area contributed by atoms with Gasteiger partial charge in [0.1, 0.15) is 5.82 Å². The molecule has 0 aromatic heterocycles. The smallest absolute Gasteiger partial charge is 0.253 e. The topological polar surface area (TPSA) is 38.8 Å². The number of piperidine rings is 1. The van der Waals surface area contributed by atoms with Gasteiger partial charge >= 0.3 is 0 Å². The van der Waals surface area contributed by atoms with E-state index in [0.717, 1.165) is 65.2 Å². The predicted molar refractivity (Wildman–Crippen MR) is 118 cm³/mol. The van der Waals surface area contributed by atoms with E-state index in [2.05, 4.69) is 22.0 Å². The molecule has 2 saturated heterocycles. The Labute approximate surface area is 180 Å². The van der Waals surface area contributed by atoms with Crippen molar-refractivity contribution >= 4 is 36.4 Å². The van der Waals surface area contributed by atoms with Gasteiger partial charge < -0.3 is 20.0 Å². The van der Waals surface area contributed by atoms with Gasteiger partial charge in [-0.3, -0.25) is 4.79 Å². The molecular formula is C20H33Cl2FN4O. The minimum atomic E-state index is -0.286. The maximum absolute atomic E-state index is 14.7. The first-order valence-corrected chi connectivity index (χ1v) is 9.83. The molecule has 1 aromatic carbocycles. The summed E-state index contributed by atoms with van der Waals surface area (Å²) in [6.45, 7) is 9.27.